The highest BCUT2D eigenvalue weighted by Gasteiger charge is 2.47. The molecule has 1 aromatic heterocycles. The second kappa shape index (κ2) is 14.6. The van der Waals surface area contributed by atoms with Crippen molar-refractivity contribution in [1.82, 2.24) is 0 Å². The number of benzene rings is 10. The van der Waals surface area contributed by atoms with Crippen LogP contribution >= 0.6 is 0 Å². The van der Waals surface area contributed by atoms with E-state index in [9.17, 15) is 0 Å². The molecular weight excluding hydrogens is 775 g/mol. The van der Waals surface area contributed by atoms with Crippen LogP contribution in [0.4, 0.5) is 28.4 Å². The first-order valence-corrected chi connectivity index (χ1v) is 22.0. The van der Waals surface area contributed by atoms with Gasteiger partial charge in [0.1, 0.15) is 5.58 Å². The fourth-order valence-electron chi connectivity index (χ4n) is 10.3. The molecule has 0 amide bonds. The number of hydrogen-bond donors (Lipinski definition) is 0. The fourth-order valence-corrected chi connectivity index (χ4v) is 10.3. The molecule has 64 heavy (non-hydrogen) atoms. The Morgan fingerprint density at radius 3 is 1.41 bits per heavy atom. The molecule has 0 saturated carbocycles. The van der Waals surface area contributed by atoms with E-state index in [0.717, 1.165) is 44.7 Å². The molecule has 0 fully saturated rings. The van der Waals surface area contributed by atoms with Crippen LogP contribution in [-0.2, 0) is 0 Å². The Morgan fingerprint density at radius 2 is 0.812 bits per heavy atom. The van der Waals surface area contributed by atoms with Gasteiger partial charge in [-0.2, -0.15) is 0 Å². The van der Waals surface area contributed by atoms with Crippen LogP contribution < -0.4 is 20.6 Å². The van der Waals surface area contributed by atoms with Crippen molar-refractivity contribution in [3.63, 3.8) is 0 Å². The van der Waals surface area contributed by atoms with Crippen LogP contribution in [-0.4, -0.2) is 6.85 Å². The molecule has 0 aliphatic carbocycles. The van der Waals surface area contributed by atoms with Crippen LogP contribution in [0.25, 0.3) is 77.6 Å². The highest BCUT2D eigenvalue weighted by molar-refractivity contribution is 6.94. The Bertz CT molecular complexity index is 3530. The molecule has 0 atom stereocenters. The SMILES string of the molecule is c1ccc(-c2ccc(N3B4c5cc(-c6ccccc6)ccc5N(c5ccc(-c6ccccc6)cc5)c5c4c(cc4c5oc5ccccc54)-c4cc(-c5ccccc5)ccc43)cc2)cc1. The van der Waals surface area contributed by atoms with Crippen LogP contribution in [0.5, 0.6) is 0 Å². The first-order chi connectivity index (χ1) is 31.7. The van der Waals surface area contributed by atoms with Crippen molar-refractivity contribution in [2.45, 2.75) is 0 Å². The fraction of sp³-hybridized carbons (Fsp3) is 0. The third-order valence-corrected chi connectivity index (χ3v) is 13.2. The molecular formula is C60H39BN2O. The zero-order valence-corrected chi connectivity index (χ0v) is 34.9. The lowest BCUT2D eigenvalue weighted by Crippen LogP contribution is -2.61. The average Bonchev–Trinajstić information content (AvgIpc) is 3.76. The number of fused-ring (bicyclic) bond motifs is 8. The quantitative estimate of drug-likeness (QED) is 0.156. The van der Waals surface area contributed by atoms with Crippen molar-refractivity contribution < 1.29 is 4.42 Å². The number of rotatable bonds is 6. The van der Waals surface area contributed by atoms with Crippen molar-refractivity contribution >= 4 is 68.1 Å². The minimum atomic E-state index is -0.196. The lowest BCUT2D eigenvalue weighted by Gasteiger charge is -2.46. The van der Waals surface area contributed by atoms with Gasteiger partial charge in [-0.3, -0.25) is 0 Å². The van der Waals surface area contributed by atoms with E-state index in [4.69, 9.17) is 4.42 Å². The van der Waals surface area contributed by atoms with E-state index >= 15 is 0 Å². The van der Waals surface area contributed by atoms with Crippen LogP contribution in [0.2, 0.25) is 0 Å². The standard InChI is InChI=1S/C60H39BN2O/c1-5-15-40(16-6-1)44-25-31-48(32-26-44)62-56-36-30-47(43-21-11-4-12-22-43)38-54(56)61-58-52(39-53-50-23-13-14-24-57(50)64-60(53)59(58)62)51-37-46(42-19-9-3-10-20-42)29-35-55(51)63(61)49-33-27-45(28-34-49)41-17-7-2-8-18-41/h1-39H. The Kier molecular flexibility index (Phi) is 8.32. The monoisotopic (exact) mass is 814 g/mol. The maximum Gasteiger partial charge on any atom is 0.333 e. The van der Waals surface area contributed by atoms with Gasteiger partial charge in [-0.05, 0) is 116 Å². The summed E-state index contributed by atoms with van der Waals surface area (Å²) in [7, 11) is 0. The summed E-state index contributed by atoms with van der Waals surface area (Å²) in [6.45, 7) is -0.196. The van der Waals surface area contributed by atoms with E-state index in [0.29, 0.717) is 0 Å². The molecule has 2 aliphatic heterocycles. The van der Waals surface area contributed by atoms with Gasteiger partial charge in [-0.15, -0.1) is 0 Å². The minimum Gasteiger partial charge on any atom is -0.454 e. The number of nitrogens with zero attached hydrogens (tertiary/aromatic N) is 2. The summed E-state index contributed by atoms with van der Waals surface area (Å²) in [6.07, 6.45) is 0. The van der Waals surface area contributed by atoms with Crippen LogP contribution in [0.15, 0.2) is 241 Å². The van der Waals surface area contributed by atoms with Gasteiger partial charge in [0.2, 0.25) is 0 Å². The van der Waals surface area contributed by atoms with Crippen molar-refractivity contribution in [1.29, 1.82) is 0 Å². The van der Waals surface area contributed by atoms with E-state index in [2.05, 4.69) is 246 Å². The Morgan fingerprint density at radius 1 is 0.344 bits per heavy atom. The molecule has 3 heterocycles. The van der Waals surface area contributed by atoms with E-state index in [-0.39, 0.29) is 6.85 Å². The summed E-state index contributed by atoms with van der Waals surface area (Å²) in [5.74, 6) is 0. The smallest absolute Gasteiger partial charge is 0.333 e. The lowest BCUT2D eigenvalue weighted by atomic mass is 9.43. The molecule has 3 nitrogen and oxygen atoms in total. The minimum absolute atomic E-state index is 0.196. The summed E-state index contributed by atoms with van der Waals surface area (Å²) in [4.78, 5) is 5.06. The Hall–Kier alpha value is -8.34. The van der Waals surface area contributed by atoms with Crippen molar-refractivity contribution in [2.24, 2.45) is 0 Å². The molecule has 0 spiro atoms. The molecule has 0 unspecified atom stereocenters. The zero-order valence-electron chi connectivity index (χ0n) is 34.9. The predicted octanol–water partition coefficient (Wildman–Crippen LogP) is 15.0. The largest absolute Gasteiger partial charge is 0.454 e. The van der Waals surface area contributed by atoms with Gasteiger partial charge >= 0.3 is 6.85 Å². The molecule has 2 aliphatic rings. The Balaban J connectivity index is 1.14. The van der Waals surface area contributed by atoms with Crippen molar-refractivity contribution in [3.05, 3.63) is 237 Å². The van der Waals surface area contributed by atoms with E-state index in [1.54, 1.807) is 0 Å². The highest BCUT2D eigenvalue weighted by Crippen LogP contribution is 2.51. The zero-order chi connectivity index (χ0) is 42.1. The number of hydrogen-bond acceptors (Lipinski definition) is 3. The van der Waals surface area contributed by atoms with Crippen molar-refractivity contribution in [2.75, 3.05) is 9.71 Å². The molecule has 11 aromatic rings. The molecule has 0 bridgehead atoms. The Labute approximate surface area is 372 Å². The molecule has 4 heteroatoms. The topological polar surface area (TPSA) is 19.6 Å². The third kappa shape index (κ3) is 5.77. The van der Waals surface area contributed by atoms with Gasteiger partial charge in [-0.25, -0.2) is 0 Å². The highest BCUT2D eigenvalue weighted by atomic mass is 16.3. The second-order valence-electron chi connectivity index (χ2n) is 16.8. The van der Waals surface area contributed by atoms with E-state index in [1.807, 2.05) is 0 Å². The second-order valence-corrected chi connectivity index (χ2v) is 16.8. The molecule has 13 rings (SSSR count). The van der Waals surface area contributed by atoms with Gasteiger partial charge in [0.15, 0.2) is 5.58 Å². The lowest BCUT2D eigenvalue weighted by molar-refractivity contribution is 0.669. The number of anilines is 5. The molecule has 0 saturated heterocycles. The summed E-state index contributed by atoms with van der Waals surface area (Å²) in [5, 5.41) is 2.22. The van der Waals surface area contributed by atoms with Gasteiger partial charge < -0.3 is 14.1 Å². The predicted molar refractivity (Wildman–Crippen MR) is 269 cm³/mol. The maximum atomic E-state index is 7.10. The first kappa shape index (κ1) is 36.3. The van der Waals surface area contributed by atoms with Gasteiger partial charge in [0.05, 0.1) is 5.69 Å². The van der Waals surface area contributed by atoms with Gasteiger partial charge in [0.25, 0.3) is 0 Å². The molecule has 298 valence electrons. The first-order valence-electron chi connectivity index (χ1n) is 22.0. The molecule has 10 aromatic carbocycles. The molecule has 0 radical (unpaired) electrons. The van der Waals surface area contributed by atoms with Crippen molar-refractivity contribution in [3.8, 4) is 55.6 Å². The summed E-state index contributed by atoms with van der Waals surface area (Å²) in [6, 6.07) is 86.0. The van der Waals surface area contributed by atoms with Gasteiger partial charge in [-0.1, -0.05) is 182 Å². The summed E-state index contributed by atoms with van der Waals surface area (Å²) in [5.41, 5.74) is 21.7. The summed E-state index contributed by atoms with van der Waals surface area (Å²) >= 11 is 0. The van der Waals surface area contributed by atoms with Crippen LogP contribution in [0, 0.1) is 0 Å². The summed E-state index contributed by atoms with van der Waals surface area (Å²) < 4.78 is 7.10. The van der Waals surface area contributed by atoms with Crippen LogP contribution in [0.1, 0.15) is 0 Å². The molecule has 0 N–H and O–H groups in total. The normalized spacial score (nSPS) is 12.6. The maximum absolute atomic E-state index is 7.10. The average molecular weight is 815 g/mol. The number of para-hydroxylation sites is 1. The van der Waals surface area contributed by atoms with Crippen LogP contribution in [0.3, 0.4) is 0 Å². The third-order valence-electron chi connectivity index (χ3n) is 13.2. The van der Waals surface area contributed by atoms with E-state index in [1.165, 1.54) is 72.2 Å². The number of furan rings is 1. The van der Waals surface area contributed by atoms with E-state index < -0.39 is 0 Å². The van der Waals surface area contributed by atoms with Gasteiger partial charge in [0, 0.05) is 39.1 Å².